The topological polar surface area (TPSA) is 43.1 Å². The summed E-state index contributed by atoms with van der Waals surface area (Å²) in [6.45, 7) is 0. The maximum absolute atomic E-state index is 10.2. The number of unbranched alkanes of at least 4 members (excludes halogenated alkanes) is 1. The molecule has 0 aromatic rings. The molecule has 4 heteroatoms. The van der Waals surface area contributed by atoms with Gasteiger partial charge in [-0.2, -0.15) is 11.8 Å². The number of hydrogen-bond donors (Lipinski definition) is 1. The Morgan fingerprint density at radius 1 is 1.50 bits per heavy atom. The largest absolute Gasteiger partial charge is 0.369 e. The Morgan fingerprint density at radius 2 is 2.20 bits per heavy atom. The van der Waals surface area contributed by atoms with E-state index in [1.165, 1.54) is 6.42 Å². The van der Waals surface area contributed by atoms with Crippen LogP contribution in [0, 0.1) is 0 Å². The van der Waals surface area contributed by atoms with Crippen LogP contribution in [0.1, 0.15) is 12.8 Å². The molecule has 0 aromatic heterocycles. The lowest BCUT2D eigenvalue weighted by Crippen LogP contribution is -2.13. The van der Waals surface area contributed by atoms with Crippen LogP contribution in [-0.2, 0) is 4.79 Å². The summed E-state index contributed by atoms with van der Waals surface area (Å²) < 4.78 is 0. The van der Waals surface area contributed by atoms with Gasteiger partial charge in [0.05, 0.1) is 5.75 Å². The van der Waals surface area contributed by atoms with Crippen LogP contribution >= 0.6 is 27.7 Å². The molecule has 0 aliphatic carbocycles. The third-order valence-corrected chi connectivity index (χ3v) is 2.54. The van der Waals surface area contributed by atoms with Crippen molar-refractivity contribution in [2.45, 2.75) is 12.8 Å². The van der Waals surface area contributed by atoms with E-state index in [9.17, 15) is 4.79 Å². The zero-order valence-corrected chi connectivity index (χ0v) is 8.21. The van der Waals surface area contributed by atoms with E-state index < -0.39 is 0 Å². The molecule has 0 aliphatic heterocycles. The number of hydrogen-bond acceptors (Lipinski definition) is 2. The average molecular weight is 226 g/mol. The minimum Gasteiger partial charge on any atom is -0.369 e. The fourth-order valence-corrected chi connectivity index (χ4v) is 1.62. The number of nitrogens with two attached hydrogens (primary N) is 1. The molecule has 0 spiro atoms. The van der Waals surface area contributed by atoms with E-state index in [4.69, 9.17) is 5.73 Å². The van der Waals surface area contributed by atoms with E-state index in [2.05, 4.69) is 15.9 Å². The quantitative estimate of drug-likeness (QED) is 0.549. The summed E-state index contributed by atoms with van der Waals surface area (Å²) in [6.07, 6.45) is 2.33. The highest BCUT2D eigenvalue weighted by atomic mass is 79.9. The molecular formula is C6H12BrNOS. The molecule has 10 heavy (non-hydrogen) atoms. The Hall–Kier alpha value is 0.300. The van der Waals surface area contributed by atoms with Gasteiger partial charge in [-0.25, -0.2) is 0 Å². The molecule has 0 aromatic carbocycles. The van der Waals surface area contributed by atoms with E-state index in [1.54, 1.807) is 11.8 Å². The second-order valence-corrected chi connectivity index (χ2v) is 3.81. The number of thioether (sulfide) groups is 1. The highest BCUT2D eigenvalue weighted by Crippen LogP contribution is 2.04. The zero-order valence-electron chi connectivity index (χ0n) is 5.81. The second-order valence-electron chi connectivity index (χ2n) is 1.91. The van der Waals surface area contributed by atoms with Gasteiger partial charge in [0.25, 0.3) is 0 Å². The molecule has 0 bridgehead atoms. The summed E-state index contributed by atoms with van der Waals surface area (Å²) in [4.78, 5) is 10.2. The smallest absolute Gasteiger partial charge is 0.227 e. The van der Waals surface area contributed by atoms with Crippen LogP contribution in [0.15, 0.2) is 0 Å². The van der Waals surface area contributed by atoms with Gasteiger partial charge in [0.2, 0.25) is 5.91 Å². The van der Waals surface area contributed by atoms with Crippen LogP contribution in [0.5, 0.6) is 0 Å². The Kier molecular flexibility index (Phi) is 7.63. The number of carbonyl (C=O) groups excluding carboxylic acids is 1. The summed E-state index contributed by atoms with van der Waals surface area (Å²) in [6, 6.07) is 0. The molecule has 0 saturated heterocycles. The van der Waals surface area contributed by atoms with Crippen LogP contribution < -0.4 is 5.73 Å². The molecule has 1 amide bonds. The van der Waals surface area contributed by atoms with Crippen molar-refractivity contribution < 1.29 is 4.79 Å². The van der Waals surface area contributed by atoms with Crippen LogP contribution in [0.4, 0.5) is 0 Å². The van der Waals surface area contributed by atoms with Gasteiger partial charge in [-0.3, -0.25) is 4.79 Å². The Labute approximate surface area is 74.1 Å². The predicted molar refractivity (Wildman–Crippen MR) is 49.5 cm³/mol. The molecule has 0 fully saturated rings. The summed E-state index contributed by atoms with van der Waals surface area (Å²) in [5, 5.41) is 1.05. The molecule has 2 N–H and O–H groups in total. The van der Waals surface area contributed by atoms with Crippen molar-refractivity contribution in [2.24, 2.45) is 5.73 Å². The molecule has 0 atom stereocenters. The maximum Gasteiger partial charge on any atom is 0.227 e. The SMILES string of the molecule is NC(=O)CSCCCCBr. The molecule has 0 radical (unpaired) electrons. The van der Waals surface area contributed by atoms with Gasteiger partial charge in [-0.15, -0.1) is 0 Å². The number of rotatable bonds is 6. The second kappa shape index (κ2) is 7.41. The molecule has 0 aliphatic rings. The summed E-state index contributed by atoms with van der Waals surface area (Å²) in [7, 11) is 0. The van der Waals surface area contributed by atoms with Crippen molar-refractivity contribution in [1.82, 2.24) is 0 Å². The van der Waals surface area contributed by atoms with Gasteiger partial charge in [-0.05, 0) is 18.6 Å². The predicted octanol–water partition coefficient (Wildman–Crippen LogP) is 1.38. The van der Waals surface area contributed by atoms with E-state index in [-0.39, 0.29) is 5.91 Å². The fraction of sp³-hybridized carbons (Fsp3) is 0.833. The fourth-order valence-electron chi connectivity index (χ4n) is 0.471. The van der Waals surface area contributed by atoms with Gasteiger partial charge >= 0.3 is 0 Å². The highest BCUT2D eigenvalue weighted by molar-refractivity contribution is 9.09. The van der Waals surface area contributed by atoms with Crippen LogP contribution in [-0.4, -0.2) is 22.7 Å². The Balaban J connectivity index is 2.84. The van der Waals surface area contributed by atoms with Crippen molar-refractivity contribution in [1.29, 1.82) is 0 Å². The first-order valence-corrected chi connectivity index (χ1v) is 5.47. The van der Waals surface area contributed by atoms with E-state index >= 15 is 0 Å². The summed E-state index contributed by atoms with van der Waals surface area (Å²) in [5.41, 5.74) is 4.94. The van der Waals surface area contributed by atoms with Gasteiger partial charge < -0.3 is 5.73 Å². The first-order valence-electron chi connectivity index (χ1n) is 3.19. The van der Waals surface area contributed by atoms with Gasteiger partial charge in [-0.1, -0.05) is 15.9 Å². The zero-order chi connectivity index (χ0) is 7.82. The minimum absolute atomic E-state index is 0.219. The van der Waals surface area contributed by atoms with Crippen LogP contribution in [0.25, 0.3) is 0 Å². The number of carbonyl (C=O) groups is 1. The first kappa shape index (κ1) is 10.3. The van der Waals surface area contributed by atoms with Crippen molar-refractivity contribution in [3.05, 3.63) is 0 Å². The van der Waals surface area contributed by atoms with E-state index in [0.29, 0.717) is 5.75 Å². The normalized spacial score (nSPS) is 9.70. The molecular weight excluding hydrogens is 214 g/mol. The molecule has 0 heterocycles. The maximum atomic E-state index is 10.2. The third-order valence-electron chi connectivity index (χ3n) is 0.917. The molecule has 0 rings (SSSR count). The van der Waals surface area contributed by atoms with Gasteiger partial charge in [0.1, 0.15) is 0 Å². The standard InChI is InChI=1S/C6H12BrNOS/c7-3-1-2-4-10-5-6(8)9/h1-5H2,(H2,8,9). The van der Waals surface area contributed by atoms with E-state index in [0.717, 1.165) is 17.5 Å². The van der Waals surface area contributed by atoms with Crippen molar-refractivity contribution in [3.8, 4) is 0 Å². The molecule has 0 saturated carbocycles. The van der Waals surface area contributed by atoms with Crippen molar-refractivity contribution in [3.63, 3.8) is 0 Å². The first-order chi connectivity index (χ1) is 4.77. The van der Waals surface area contributed by atoms with Crippen molar-refractivity contribution in [2.75, 3.05) is 16.8 Å². The molecule has 0 unspecified atom stereocenters. The van der Waals surface area contributed by atoms with E-state index in [1.807, 2.05) is 0 Å². The number of halogens is 1. The average Bonchev–Trinajstić information content (AvgIpc) is 1.87. The number of alkyl halides is 1. The van der Waals surface area contributed by atoms with Crippen LogP contribution in [0.3, 0.4) is 0 Å². The van der Waals surface area contributed by atoms with Crippen molar-refractivity contribution >= 4 is 33.6 Å². The third kappa shape index (κ3) is 8.30. The lowest BCUT2D eigenvalue weighted by atomic mass is 10.4. The summed E-state index contributed by atoms with van der Waals surface area (Å²) >= 11 is 4.94. The Bertz CT molecular complexity index is 99.7. The number of primary amides is 1. The van der Waals surface area contributed by atoms with Gasteiger partial charge in [0, 0.05) is 5.33 Å². The molecule has 60 valence electrons. The number of amides is 1. The highest BCUT2D eigenvalue weighted by Gasteiger charge is 1.93. The summed E-state index contributed by atoms with van der Waals surface area (Å²) in [5.74, 6) is 1.28. The lowest BCUT2D eigenvalue weighted by Gasteiger charge is -1.95. The lowest BCUT2D eigenvalue weighted by molar-refractivity contribution is -0.115. The Morgan fingerprint density at radius 3 is 2.70 bits per heavy atom. The van der Waals surface area contributed by atoms with Gasteiger partial charge in [0.15, 0.2) is 0 Å². The minimum atomic E-state index is -0.219. The van der Waals surface area contributed by atoms with Crippen LogP contribution in [0.2, 0.25) is 0 Å². The monoisotopic (exact) mass is 225 g/mol. The molecule has 2 nitrogen and oxygen atoms in total.